The van der Waals surface area contributed by atoms with Gasteiger partial charge in [0.1, 0.15) is 12.4 Å². The summed E-state index contributed by atoms with van der Waals surface area (Å²) in [4.78, 5) is 21.3. The van der Waals surface area contributed by atoms with Crippen molar-refractivity contribution in [1.29, 1.82) is 0 Å². The SMILES string of the molecule is COCCOc1ccc(NC(=O)NC(Cn2cnc3ccccc32)c2ccc(F)cc2)cn1. The fourth-order valence-electron chi connectivity index (χ4n) is 3.38. The largest absolute Gasteiger partial charge is 0.475 e. The number of nitrogens with one attached hydrogen (secondary N) is 2. The first-order chi connectivity index (χ1) is 16.1. The number of nitrogens with zero attached hydrogens (tertiary/aromatic N) is 3. The number of hydrogen-bond donors (Lipinski definition) is 2. The summed E-state index contributed by atoms with van der Waals surface area (Å²) in [5.41, 5.74) is 3.08. The molecule has 0 aliphatic heterocycles. The lowest BCUT2D eigenvalue weighted by Crippen LogP contribution is -2.34. The average Bonchev–Trinajstić information content (AvgIpc) is 3.23. The van der Waals surface area contributed by atoms with Crippen LogP contribution in [-0.2, 0) is 11.3 Å². The Bertz CT molecular complexity index is 1190. The Kier molecular flexibility index (Phi) is 7.11. The molecule has 0 aliphatic rings. The van der Waals surface area contributed by atoms with Gasteiger partial charge in [0.25, 0.3) is 0 Å². The van der Waals surface area contributed by atoms with E-state index in [4.69, 9.17) is 9.47 Å². The van der Waals surface area contributed by atoms with Crippen LogP contribution in [0.5, 0.6) is 5.88 Å². The van der Waals surface area contributed by atoms with Gasteiger partial charge in [-0.25, -0.2) is 19.2 Å². The highest BCUT2D eigenvalue weighted by Crippen LogP contribution is 2.20. The fraction of sp³-hybridized carbons (Fsp3) is 0.208. The number of methoxy groups -OCH3 is 1. The smallest absolute Gasteiger partial charge is 0.319 e. The minimum atomic E-state index is -0.423. The Labute approximate surface area is 190 Å². The Hall–Kier alpha value is -3.98. The molecule has 2 N–H and O–H groups in total. The maximum absolute atomic E-state index is 13.5. The molecule has 33 heavy (non-hydrogen) atoms. The summed E-state index contributed by atoms with van der Waals surface area (Å²) in [5, 5.41) is 5.74. The molecule has 0 fully saturated rings. The number of pyridine rings is 1. The summed E-state index contributed by atoms with van der Waals surface area (Å²) in [7, 11) is 1.59. The minimum Gasteiger partial charge on any atom is -0.475 e. The monoisotopic (exact) mass is 449 g/mol. The number of benzene rings is 2. The van der Waals surface area contributed by atoms with Gasteiger partial charge in [-0.2, -0.15) is 0 Å². The van der Waals surface area contributed by atoms with Crippen LogP contribution in [0.3, 0.4) is 0 Å². The number of urea groups is 1. The maximum atomic E-state index is 13.5. The van der Waals surface area contributed by atoms with Crippen molar-refractivity contribution in [2.24, 2.45) is 0 Å². The van der Waals surface area contributed by atoms with E-state index in [1.807, 2.05) is 28.8 Å². The molecule has 170 valence electrons. The average molecular weight is 449 g/mol. The van der Waals surface area contributed by atoms with E-state index >= 15 is 0 Å². The first-order valence-corrected chi connectivity index (χ1v) is 10.4. The number of imidazole rings is 1. The van der Waals surface area contributed by atoms with E-state index < -0.39 is 12.1 Å². The number of amides is 2. The molecule has 2 aromatic carbocycles. The van der Waals surface area contributed by atoms with Crippen molar-refractivity contribution in [3.8, 4) is 5.88 Å². The predicted molar refractivity (Wildman–Crippen MR) is 123 cm³/mol. The normalized spacial score (nSPS) is 11.8. The van der Waals surface area contributed by atoms with Gasteiger partial charge in [-0.05, 0) is 35.9 Å². The van der Waals surface area contributed by atoms with Gasteiger partial charge in [-0.3, -0.25) is 0 Å². The second kappa shape index (κ2) is 10.6. The highest BCUT2D eigenvalue weighted by molar-refractivity contribution is 5.89. The third-order valence-corrected chi connectivity index (χ3v) is 5.02. The van der Waals surface area contributed by atoms with Gasteiger partial charge in [0, 0.05) is 19.7 Å². The summed E-state index contributed by atoms with van der Waals surface area (Å²) in [6, 6.07) is 16.3. The van der Waals surface area contributed by atoms with Crippen molar-refractivity contribution in [3.05, 3.63) is 84.6 Å². The van der Waals surface area contributed by atoms with Crippen LogP contribution < -0.4 is 15.4 Å². The van der Waals surface area contributed by atoms with E-state index in [0.717, 1.165) is 16.6 Å². The molecular weight excluding hydrogens is 425 g/mol. The molecule has 0 spiro atoms. The van der Waals surface area contributed by atoms with E-state index in [0.29, 0.717) is 31.3 Å². The van der Waals surface area contributed by atoms with Crippen LogP contribution in [0.15, 0.2) is 73.2 Å². The van der Waals surface area contributed by atoms with E-state index in [2.05, 4.69) is 20.6 Å². The zero-order valence-electron chi connectivity index (χ0n) is 18.1. The molecule has 0 radical (unpaired) electrons. The van der Waals surface area contributed by atoms with E-state index in [-0.39, 0.29) is 5.82 Å². The standard InChI is InChI=1S/C24H24FN5O3/c1-32-12-13-33-23-11-10-19(14-26-23)28-24(31)29-21(17-6-8-18(25)9-7-17)15-30-16-27-20-4-2-3-5-22(20)30/h2-11,14,16,21H,12-13,15H2,1H3,(H2,28,29,31). The van der Waals surface area contributed by atoms with Crippen molar-refractivity contribution in [2.75, 3.05) is 25.6 Å². The molecule has 4 aromatic rings. The molecule has 4 rings (SSSR count). The molecular formula is C24H24FN5O3. The lowest BCUT2D eigenvalue weighted by atomic mass is 10.1. The second-order valence-corrected chi connectivity index (χ2v) is 7.31. The van der Waals surface area contributed by atoms with Crippen molar-refractivity contribution < 1.29 is 18.7 Å². The summed E-state index contributed by atoms with van der Waals surface area (Å²) in [6.45, 7) is 1.27. The number of aromatic nitrogens is 3. The van der Waals surface area contributed by atoms with Gasteiger partial charge in [0.15, 0.2) is 0 Å². The van der Waals surface area contributed by atoms with Crippen LogP contribution in [0.4, 0.5) is 14.9 Å². The number of carbonyl (C=O) groups excluding carboxylic acids is 1. The molecule has 2 aromatic heterocycles. The summed E-state index contributed by atoms with van der Waals surface area (Å²) < 4.78 is 25.8. The highest BCUT2D eigenvalue weighted by Gasteiger charge is 2.17. The highest BCUT2D eigenvalue weighted by atomic mass is 19.1. The quantitative estimate of drug-likeness (QED) is 0.375. The molecule has 2 amide bonds. The van der Waals surface area contributed by atoms with Crippen molar-refractivity contribution in [2.45, 2.75) is 12.6 Å². The number of rotatable bonds is 9. The van der Waals surface area contributed by atoms with Crippen LogP contribution in [0.1, 0.15) is 11.6 Å². The summed E-state index contributed by atoms with van der Waals surface area (Å²) in [5.74, 6) is 0.100. The maximum Gasteiger partial charge on any atom is 0.319 e. The van der Waals surface area contributed by atoms with Gasteiger partial charge in [-0.1, -0.05) is 24.3 Å². The molecule has 1 unspecified atom stereocenters. The van der Waals surface area contributed by atoms with Crippen molar-refractivity contribution in [3.63, 3.8) is 0 Å². The third-order valence-electron chi connectivity index (χ3n) is 5.02. The topological polar surface area (TPSA) is 90.3 Å². The van der Waals surface area contributed by atoms with Gasteiger partial charge in [-0.15, -0.1) is 0 Å². The van der Waals surface area contributed by atoms with E-state index in [9.17, 15) is 9.18 Å². The first-order valence-electron chi connectivity index (χ1n) is 10.4. The van der Waals surface area contributed by atoms with Crippen LogP contribution in [0.25, 0.3) is 11.0 Å². The van der Waals surface area contributed by atoms with Crippen LogP contribution in [0.2, 0.25) is 0 Å². The van der Waals surface area contributed by atoms with Gasteiger partial charge < -0.3 is 24.7 Å². The summed E-state index contributed by atoms with van der Waals surface area (Å²) >= 11 is 0. The number of fused-ring (bicyclic) bond motifs is 1. The number of hydrogen-bond acceptors (Lipinski definition) is 5. The number of halogens is 1. The first kappa shape index (κ1) is 22.2. The molecule has 2 heterocycles. The van der Waals surface area contributed by atoms with Crippen molar-refractivity contribution in [1.82, 2.24) is 19.9 Å². The van der Waals surface area contributed by atoms with Crippen LogP contribution in [-0.4, -0.2) is 40.9 Å². The van der Waals surface area contributed by atoms with Gasteiger partial charge in [0.2, 0.25) is 5.88 Å². The molecule has 0 saturated heterocycles. The predicted octanol–water partition coefficient (Wildman–Crippen LogP) is 4.16. The Balaban J connectivity index is 1.46. The number of carbonyl (C=O) groups is 1. The third kappa shape index (κ3) is 5.83. The molecule has 0 bridgehead atoms. The number of anilines is 1. The zero-order chi connectivity index (χ0) is 23.0. The van der Waals surface area contributed by atoms with Gasteiger partial charge in [0.05, 0.1) is 41.9 Å². The van der Waals surface area contributed by atoms with Crippen LogP contribution in [0, 0.1) is 5.82 Å². The Morgan fingerprint density at radius 2 is 1.88 bits per heavy atom. The minimum absolute atomic E-state index is 0.339. The molecule has 0 aliphatic carbocycles. The molecule has 1 atom stereocenters. The second-order valence-electron chi connectivity index (χ2n) is 7.31. The number of para-hydroxylation sites is 2. The summed E-state index contributed by atoms with van der Waals surface area (Å²) in [6.07, 6.45) is 3.24. The molecule has 8 nitrogen and oxygen atoms in total. The molecule has 0 saturated carbocycles. The van der Waals surface area contributed by atoms with E-state index in [1.165, 1.54) is 18.3 Å². The Morgan fingerprint density at radius 1 is 1.06 bits per heavy atom. The van der Waals surface area contributed by atoms with Crippen LogP contribution >= 0.6 is 0 Å². The zero-order valence-corrected chi connectivity index (χ0v) is 18.1. The van der Waals surface area contributed by atoms with E-state index in [1.54, 1.807) is 37.7 Å². The van der Waals surface area contributed by atoms with Gasteiger partial charge >= 0.3 is 6.03 Å². The lowest BCUT2D eigenvalue weighted by molar-refractivity contribution is 0.144. The fourth-order valence-corrected chi connectivity index (χ4v) is 3.38. The Morgan fingerprint density at radius 3 is 2.64 bits per heavy atom. The molecule has 9 heteroatoms. The lowest BCUT2D eigenvalue weighted by Gasteiger charge is -2.21. The number of ether oxygens (including phenoxy) is 2. The van der Waals surface area contributed by atoms with Crippen molar-refractivity contribution >= 4 is 22.8 Å².